The van der Waals surface area contributed by atoms with Crippen molar-refractivity contribution in [2.24, 2.45) is 5.41 Å². The molecule has 1 aliphatic carbocycles. The molecule has 1 saturated heterocycles. The second-order valence-corrected chi connectivity index (χ2v) is 9.95. The molecule has 0 N–H and O–H groups in total. The van der Waals surface area contributed by atoms with Gasteiger partial charge >= 0.3 is 6.09 Å². The SMILES string of the molecule is [CH2-]C1([CH2-])CCC(CN2CCN(C(=O)OC(C)(C)C)CC2)=C(c2ccc(Cl)cc2)C1.[Y]. The predicted molar refractivity (Wildman–Crippen MR) is 120 cm³/mol. The van der Waals surface area contributed by atoms with Crippen LogP contribution in [0.15, 0.2) is 29.8 Å². The predicted octanol–water partition coefficient (Wildman–Crippen LogP) is 5.48. The van der Waals surface area contributed by atoms with Crippen molar-refractivity contribution in [1.29, 1.82) is 0 Å². The number of carbonyl (C=O) groups is 1. The van der Waals surface area contributed by atoms with Crippen LogP contribution in [0.4, 0.5) is 4.79 Å². The molecule has 30 heavy (non-hydrogen) atoms. The second-order valence-electron chi connectivity index (χ2n) is 9.51. The average Bonchev–Trinajstić information content (AvgIpc) is 2.63. The van der Waals surface area contributed by atoms with Gasteiger partial charge in [-0.25, -0.2) is 4.79 Å². The number of rotatable bonds is 3. The van der Waals surface area contributed by atoms with Crippen molar-refractivity contribution >= 4 is 23.3 Å². The maximum atomic E-state index is 12.3. The fourth-order valence-corrected chi connectivity index (χ4v) is 4.10. The van der Waals surface area contributed by atoms with Crippen LogP contribution in [-0.4, -0.2) is 54.2 Å². The summed E-state index contributed by atoms with van der Waals surface area (Å²) >= 11 is 6.09. The van der Waals surface area contributed by atoms with E-state index < -0.39 is 5.60 Å². The number of nitrogens with zero attached hydrogens (tertiary/aromatic N) is 2. The Hall–Kier alpha value is -0.416. The van der Waals surface area contributed by atoms with Crippen molar-refractivity contribution < 1.29 is 42.2 Å². The summed E-state index contributed by atoms with van der Waals surface area (Å²) in [5.41, 5.74) is 3.40. The van der Waals surface area contributed by atoms with Crippen LogP contribution in [0.2, 0.25) is 5.02 Å². The van der Waals surface area contributed by atoms with Crippen LogP contribution in [0.25, 0.3) is 5.57 Å². The normalized spacial score (nSPS) is 20.0. The van der Waals surface area contributed by atoms with Gasteiger partial charge in [0.1, 0.15) is 5.60 Å². The number of carbonyl (C=O) groups excluding carboxylic acids is 1. The topological polar surface area (TPSA) is 32.8 Å². The first kappa shape index (κ1) is 25.8. The van der Waals surface area contributed by atoms with Crippen LogP contribution >= 0.6 is 11.6 Å². The molecule has 1 aromatic rings. The van der Waals surface area contributed by atoms with E-state index in [1.807, 2.05) is 37.8 Å². The molecule has 163 valence electrons. The van der Waals surface area contributed by atoms with E-state index in [4.69, 9.17) is 16.3 Å². The van der Waals surface area contributed by atoms with E-state index in [-0.39, 0.29) is 44.2 Å². The van der Waals surface area contributed by atoms with Crippen LogP contribution in [0.3, 0.4) is 0 Å². The molecule has 0 atom stereocenters. The molecule has 4 nitrogen and oxygen atoms in total. The van der Waals surface area contributed by atoms with Gasteiger partial charge in [0.15, 0.2) is 0 Å². The minimum absolute atomic E-state index is 0. The number of hydrogen-bond donors (Lipinski definition) is 0. The Balaban J connectivity index is 0.00000320. The minimum Gasteiger partial charge on any atom is -0.444 e. The molecule has 3 rings (SSSR count). The molecule has 1 heterocycles. The summed E-state index contributed by atoms with van der Waals surface area (Å²) in [4.78, 5) is 16.5. The number of allylic oxidation sites excluding steroid dienone is 1. The van der Waals surface area contributed by atoms with Crippen molar-refractivity contribution in [1.82, 2.24) is 9.80 Å². The van der Waals surface area contributed by atoms with E-state index in [0.717, 1.165) is 43.9 Å². The van der Waals surface area contributed by atoms with E-state index in [1.54, 1.807) is 0 Å². The molecule has 0 unspecified atom stereocenters. The fraction of sp³-hybridized carbons (Fsp3) is 0.542. The van der Waals surface area contributed by atoms with Crippen molar-refractivity contribution in [3.05, 3.63) is 54.3 Å². The second kappa shape index (κ2) is 10.5. The summed E-state index contributed by atoms with van der Waals surface area (Å²) in [5.74, 6) is 0. The summed E-state index contributed by atoms with van der Waals surface area (Å²) in [7, 11) is 0. The van der Waals surface area contributed by atoms with Gasteiger partial charge in [-0.1, -0.05) is 42.1 Å². The van der Waals surface area contributed by atoms with Gasteiger partial charge in [-0.2, -0.15) is 0 Å². The van der Waals surface area contributed by atoms with E-state index in [2.05, 4.69) is 30.9 Å². The van der Waals surface area contributed by atoms with Crippen LogP contribution in [0.5, 0.6) is 0 Å². The standard InChI is InChI=1S/C24H33ClN2O2.Y/c1-23(2,3)29-22(28)27-14-12-26(13-15-27)17-19-10-11-24(4,5)16-21(19)18-6-8-20(25)9-7-18;/h6-9H,4-5,10-17H2,1-3H3;/q-2;. The molecule has 0 aromatic heterocycles. The summed E-state index contributed by atoms with van der Waals surface area (Å²) in [6.07, 6.45) is 2.67. The summed E-state index contributed by atoms with van der Waals surface area (Å²) < 4.78 is 5.50. The Kier molecular flexibility index (Phi) is 9.02. The van der Waals surface area contributed by atoms with Gasteiger partial charge in [-0.3, -0.25) is 10.3 Å². The maximum absolute atomic E-state index is 12.3. The molecule has 6 heteroatoms. The zero-order valence-corrected chi connectivity index (χ0v) is 22.1. The Labute approximate surface area is 212 Å². The van der Waals surface area contributed by atoms with Gasteiger partial charge < -0.3 is 23.5 Å². The number of benzene rings is 1. The quantitative estimate of drug-likeness (QED) is 0.510. The Bertz CT molecular complexity index is 760. The molecule has 1 fully saturated rings. The minimum atomic E-state index is -0.455. The molecular weight excluding hydrogens is 473 g/mol. The van der Waals surface area contributed by atoms with Crippen LogP contribution in [0, 0.1) is 19.3 Å². The first-order valence-electron chi connectivity index (χ1n) is 10.4. The van der Waals surface area contributed by atoms with E-state index in [0.29, 0.717) is 13.1 Å². The zero-order chi connectivity index (χ0) is 21.2. The van der Waals surface area contributed by atoms with Gasteiger partial charge in [0, 0.05) is 70.5 Å². The Morgan fingerprint density at radius 3 is 2.30 bits per heavy atom. The Morgan fingerprint density at radius 1 is 1.13 bits per heavy atom. The number of piperazine rings is 1. The van der Waals surface area contributed by atoms with Crippen LogP contribution in [-0.2, 0) is 37.4 Å². The maximum Gasteiger partial charge on any atom is 0.410 e. The van der Waals surface area contributed by atoms with Crippen molar-refractivity contribution in [2.45, 2.75) is 45.6 Å². The third-order valence-electron chi connectivity index (χ3n) is 5.57. The summed E-state index contributed by atoms with van der Waals surface area (Å²) in [6.45, 7) is 18.4. The number of halogens is 1. The number of amides is 1. The molecule has 0 saturated carbocycles. The van der Waals surface area contributed by atoms with Crippen LogP contribution in [0.1, 0.15) is 45.6 Å². The van der Waals surface area contributed by atoms with Gasteiger partial charge in [-0.05, 0) is 50.5 Å². The summed E-state index contributed by atoms with van der Waals surface area (Å²) in [6, 6.07) is 8.09. The van der Waals surface area contributed by atoms with E-state index >= 15 is 0 Å². The molecule has 1 aromatic carbocycles. The van der Waals surface area contributed by atoms with Gasteiger partial charge in [0.05, 0.1) is 0 Å². The van der Waals surface area contributed by atoms with Crippen molar-refractivity contribution in [3.8, 4) is 0 Å². The molecule has 2 aliphatic rings. The molecule has 0 spiro atoms. The molecule has 0 bridgehead atoms. The first-order valence-corrected chi connectivity index (χ1v) is 10.8. The zero-order valence-electron chi connectivity index (χ0n) is 18.5. The monoisotopic (exact) mass is 505 g/mol. The largest absolute Gasteiger partial charge is 0.444 e. The third-order valence-corrected chi connectivity index (χ3v) is 5.82. The molecular formula is C24H33ClN2O2Y-2. The average molecular weight is 506 g/mol. The number of ether oxygens (including phenoxy) is 1. The molecule has 1 aliphatic heterocycles. The van der Waals surface area contributed by atoms with Gasteiger partial charge in [0.25, 0.3) is 0 Å². The van der Waals surface area contributed by atoms with Crippen molar-refractivity contribution in [2.75, 3.05) is 32.7 Å². The van der Waals surface area contributed by atoms with E-state index in [9.17, 15) is 4.79 Å². The van der Waals surface area contributed by atoms with Gasteiger partial charge in [0.2, 0.25) is 0 Å². The van der Waals surface area contributed by atoms with Crippen LogP contribution < -0.4 is 0 Å². The smallest absolute Gasteiger partial charge is 0.410 e. The van der Waals surface area contributed by atoms with Gasteiger partial charge in [-0.15, -0.1) is 0 Å². The van der Waals surface area contributed by atoms with Crippen molar-refractivity contribution in [3.63, 3.8) is 0 Å². The fourth-order valence-electron chi connectivity index (χ4n) is 3.97. The number of hydrogen-bond acceptors (Lipinski definition) is 3. The Morgan fingerprint density at radius 2 is 1.73 bits per heavy atom. The third kappa shape index (κ3) is 7.33. The molecule has 1 amide bonds. The van der Waals surface area contributed by atoms with E-state index in [1.165, 1.54) is 16.7 Å². The molecule has 1 radical (unpaired) electrons. The summed E-state index contributed by atoms with van der Waals surface area (Å²) in [5, 5.41) is 0.750. The first-order chi connectivity index (χ1) is 13.5.